The Bertz CT molecular complexity index is 527. The Morgan fingerprint density at radius 1 is 0.941 bits per heavy atom. The number of hydrogen-bond acceptors (Lipinski definition) is 2. The summed E-state index contributed by atoms with van der Waals surface area (Å²) >= 11 is 11.8. The molecule has 0 aromatic heterocycles. The van der Waals surface area contributed by atoms with E-state index in [2.05, 4.69) is 5.32 Å². The van der Waals surface area contributed by atoms with E-state index in [0.29, 0.717) is 16.6 Å². The highest BCUT2D eigenvalue weighted by Gasteiger charge is 2.00. The summed E-state index contributed by atoms with van der Waals surface area (Å²) in [6.07, 6.45) is 0. The second-order valence-corrected chi connectivity index (χ2v) is 4.47. The molecule has 2 aromatic carbocycles. The number of halogens is 2. The lowest BCUT2D eigenvalue weighted by Gasteiger charge is -2.08. The van der Waals surface area contributed by atoms with Crippen molar-refractivity contribution >= 4 is 34.6 Å². The summed E-state index contributed by atoms with van der Waals surface area (Å²) < 4.78 is 0. The van der Waals surface area contributed by atoms with Gasteiger partial charge in [0.25, 0.3) is 0 Å². The van der Waals surface area contributed by atoms with Crippen molar-refractivity contribution in [3.63, 3.8) is 0 Å². The fraction of sp³-hybridized carbons (Fsp3) is 0.0769. The van der Waals surface area contributed by atoms with Crippen molar-refractivity contribution in [2.75, 3.05) is 5.32 Å². The van der Waals surface area contributed by atoms with E-state index in [1.807, 2.05) is 30.3 Å². The van der Waals surface area contributed by atoms with Gasteiger partial charge in [-0.05, 0) is 35.9 Å². The third kappa shape index (κ3) is 3.13. The van der Waals surface area contributed by atoms with Gasteiger partial charge >= 0.3 is 0 Å². The summed E-state index contributed by atoms with van der Waals surface area (Å²) in [5, 5.41) is 4.33. The van der Waals surface area contributed by atoms with Gasteiger partial charge in [-0.2, -0.15) is 0 Å². The average Bonchev–Trinajstić information content (AvgIpc) is 2.34. The van der Waals surface area contributed by atoms with Crippen LogP contribution in [0.1, 0.15) is 5.56 Å². The van der Waals surface area contributed by atoms with Crippen molar-refractivity contribution in [1.82, 2.24) is 0 Å². The minimum Gasteiger partial charge on any atom is -0.355 e. The van der Waals surface area contributed by atoms with Crippen molar-refractivity contribution in [2.24, 2.45) is 5.73 Å². The SMILES string of the molecule is NCc1cccc(Nc2ccc(Cl)c(Cl)c2)c1. The molecule has 2 rings (SSSR count). The number of rotatable bonds is 3. The molecule has 0 aliphatic rings. The summed E-state index contributed by atoms with van der Waals surface area (Å²) in [7, 11) is 0. The largest absolute Gasteiger partial charge is 0.355 e. The number of benzene rings is 2. The molecule has 0 aliphatic carbocycles. The molecule has 0 saturated carbocycles. The van der Waals surface area contributed by atoms with Gasteiger partial charge in [0, 0.05) is 17.9 Å². The second kappa shape index (κ2) is 5.41. The first-order valence-electron chi connectivity index (χ1n) is 5.20. The normalized spacial score (nSPS) is 10.3. The minimum absolute atomic E-state index is 0.525. The van der Waals surface area contributed by atoms with Crippen molar-refractivity contribution in [3.8, 4) is 0 Å². The summed E-state index contributed by atoms with van der Waals surface area (Å²) in [5.41, 5.74) is 8.54. The highest BCUT2D eigenvalue weighted by molar-refractivity contribution is 6.42. The molecule has 0 saturated heterocycles. The molecule has 2 aromatic rings. The van der Waals surface area contributed by atoms with Crippen molar-refractivity contribution in [1.29, 1.82) is 0 Å². The zero-order valence-corrected chi connectivity index (χ0v) is 10.6. The molecular weight excluding hydrogens is 255 g/mol. The Morgan fingerprint density at radius 3 is 2.41 bits per heavy atom. The molecule has 3 N–H and O–H groups in total. The van der Waals surface area contributed by atoms with E-state index in [9.17, 15) is 0 Å². The van der Waals surface area contributed by atoms with Crippen LogP contribution in [0.25, 0.3) is 0 Å². The molecule has 0 radical (unpaired) electrons. The monoisotopic (exact) mass is 266 g/mol. The molecule has 0 bridgehead atoms. The van der Waals surface area contributed by atoms with E-state index in [1.165, 1.54) is 0 Å². The summed E-state index contributed by atoms with van der Waals surface area (Å²) in [4.78, 5) is 0. The van der Waals surface area contributed by atoms with Crippen LogP contribution in [0.4, 0.5) is 11.4 Å². The average molecular weight is 267 g/mol. The first kappa shape index (κ1) is 12.2. The van der Waals surface area contributed by atoms with Crippen LogP contribution in [0.2, 0.25) is 10.0 Å². The van der Waals surface area contributed by atoms with Gasteiger partial charge in [-0.25, -0.2) is 0 Å². The van der Waals surface area contributed by atoms with Gasteiger partial charge in [-0.1, -0.05) is 35.3 Å². The summed E-state index contributed by atoms with van der Waals surface area (Å²) in [6, 6.07) is 13.4. The Kier molecular flexibility index (Phi) is 3.89. The zero-order valence-electron chi connectivity index (χ0n) is 9.08. The Hall–Kier alpha value is -1.22. The van der Waals surface area contributed by atoms with E-state index in [1.54, 1.807) is 12.1 Å². The molecule has 0 spiro atoms. The van der Waals surface area contributed by atoms with E-state index in [4.69, 9.17) is 28.9 Å². The Balaban J connectivity index is 2.22. The van der Waals surface area contributed by atoms with Crippen LogP contribution in [0.3, 0.4) is 0 Å². The van der Waals surface area contributed by atoms with Gasteiger partial charge in [0.2, 0.25) is 0 Å². The third-order valence-electron chi connectivity index (χ3n) is 2.37. The maximum atomic E-state index is 5.95. The first-order valence-corrected chi connectivity index (χ1v) is 5.96. The van der Waals surface area contributed by atoms with Gasteiger partial charge in [0.05, 0.1) is 10.0 Å². The Morgan fingerprint density at radius 2 is 1.71 bits per heavy atom. The molecule has 0 unspecified atom stereocenters. The predicted molar refractivity (Wildman–Crippen MR) is 74.1 cm³/mol. The molecule has 4 heteroatoms. The van der Waals surface area contributed by atoms with Crippen LogP contribution in [0, 0.1) is 0 Å². The van der Waals surface area contributed by atoms with Crippen LogP contribution < -0.4 is 11.1 Å². The lowest BCUT2D eigenvalue weighted by Crippen LogP contribution is -1.97. The van der Waals surface area contributed by atoms with E-state index in [0.717, 1.165) is 16.9 Å². The first-order chi connectivity index (χ1) is 8.19. The smallest absolute Gasteiger partial charge is 0.0612 e. The highest BCUT2D eigenvalue weighted by atomic mass is 35.5. The van der Waals surface area contributed by atoms with Crippen molar-refractivity contribution in [2.45, 2.75) is 6.54 Å². The van der Waals surface area contributed by atoms with Crippen molar-refractivity contribution in [3.05, 3.63) is 58.1 Å². The maximum Gasteiger partial charge on any atom is 0.0612 e. The molecule has 2 nitrogen and oxygen atoms in total. The van der Waals surface area contributed by atoms with Crippen LogP contribution in [0.15, 0.2) is 42.5 Å². The predicted octanol–water partition coefficient (Wildman–Crippen LogP) is 4.20. The fourth-order valence-electron chi connectivity index (χ4n) is 1.52. The van der Waals surface area contributed by atoms with Gasteiger partial charge in [0.1, 0.15) is 0 Å². The Labute approximate surface area is 110 Å². The molecule has 0 fully saturated rings. The van der Waals surface area contributed by atoms with Crippen LogP contribution in [0.5, 0.6) is 0 Å². The highest BCUT2D eigenvalue weighted by Crippen LogP contribution is 2.27. The molecule has 17 heavy (non-hydrogen) atoms. The zero-order chi connectivity index (χ0) is 12.3. The van der Waals surface area contributed by atoms with Gasteiger partial charge in [-0.3, -0.25) is 0 Å². The number of anilines is 2. The van der Waals surface area contributed by atoms with Crippen molar-refractivity contribution < 1.29 is 0 Å². The standard InChI is InChI=1S/C13H12Cl2N2/c14-12-5-4-11(7-13(12)15)17-10-3-1-2-9(6-10)8-16/h1-7,17H,8,16H2. The summed E-state index contributed by atoms with van der Waals surface area (Å²) in [5.74, 6) is 0. The topological polar surface area (TPSA) is 38.0 Å². The minimum atomic E-state index is 0.525. The molecule has 0 aliphatic heterocycles. The van der Waals surface area contributed by atoms with Gasteiger partial charge in [-0.15, -0.1) is 0 Å². The fourth-order valence-corrected chi connectivity index (χ4v) is 1.81. The lowest BCUT2D eigenvalue weighted by atomic mass is 10.2. The van der Waals surface area contributed by atoms with Crippen LogP contribution >= 0.6 is 23.2 Å². The molecule has 0 amide bonds. The quantitative estimate of drug-likeness (QED) is 0.874. The molecule has 0 heterocycles. The van der Waals surface area contributed by atoms with E-state index >= 15 is 0 Å². The van der Waals surface area contributed by atoms with E-state index in [-0.39, 0.29) is 0 Å². The van der Waals surface area contributed by atoms with E-state index < -0.39 is 0 Å². The number of nitrogens with two attached hydrogens (primary N) is 1. The van der Waals surface area contributed by atoms with Gasteiger partial charge < -0.3 is 11.1 Å². The van der Waals surface area contributed by atoms with Gasteiger partial charge in [0.15, 0.2) is 0 Å². The lowest BCUT2D eigenvalue weighted by molar-refractivity contribution is 1.07. The second-order valence-electron chi connectivity index (χ2n) is 3.66. The number of nitrogens with one attached hydrogen (secondary N) is 1. The molecular formula is C13H12Cl2N2. The van der Waals surface area contributed by atoms with Crippen LogP contribution in [-0.4, -0.2) is 0 Å². The molecule has 0 atom stereocenters. The summed E-state index contributed by atoms with van der Waals surface area (Å²) in [6.45, 7) is 0.525. The maximum absolute atomic E-state index is 5.95. The third-order valence-corrected chi connectivity index (χ3v) is 3.11. The van der Waals surface area contributed by atoms with Crippen LogP contribution in [-0.2, 0) is 6.54 Å². The number of hydrogen-bond donors (Lipinski definition) is 2. The molecule has 88 valence electrons.